The van der Waals surface area contributed by atoms with Gasteiger partial charge in [0, 0.05) is 24.7 Å². The van der Waals surface area contributed by atoms with E-state index < -0.39 is 11.9 Å². The molecule has 0 aromatic heterocycles. The van der Waals surface area contributed by atoms with E-state index in [1.165, 1.54) is 4.90 Å². The molecule has 0 radical (unpaired) electrons. The maximum atomic E-state index is 12.6. The first-order valence-electron chi connectivity index (χ1n) is 7.87. The summed E-state index contributed by atoms with van der Waals surface area (Å²) in [4.78, 5) is 39.1. The smallest absolute Gasteiger partial charge is 0.308 e. The van der Waals surface area contributed by atoms with Crippen LogP contribution in [0.15, 0.2) is 24.3 Å². The van der Waals surface area contributed by atoms with Crippen molar-refractivity contribution in [2.75, 3.05) is 13.1 Å². The van der Waals surface area contributed by atoms with Gasteiger partial charge in [-0.15, -0.1) is 0 Å². The van der Waals surface area contributed by atoms with Gasteiger partial charge in [0.15, 0.2) is 0 Å². The molecule has 0 saturated heterocycles. The highest BCUT2D eigenvalue weighted by Crippen LogP contribution is 2.29. The molecule has 1 heterocycles. The summed E-state index contributed by atoms with van der Waals surface area (Å²) in [5.41, 5.74) is 1.58. The number of carboxylic acid groups (broad SMARTS) is 1. The fourth-order valence-electron chi connectivity index (χ4n) is 2.91. The number of nitrogens with zero attached hydrogens (tertiary/aromatic N) is 2. The molecule has 23 heavy (non-hydrogen) atoms. The van der Waals surface area contributed by atoms with Crippen LogP contribution in [0.5, 0.6) is 0 Å². The Morgan fingerprint density at radius 1 is 1.35 bits per heavy atom. The summed E-state index contributed by atoms with van der Waals surface area (Å²) >= 11 is 0. The van der Waals surface area contributed by atoms with E-state index in [1.54, 1.807) is 17.9 Å². The summed E-state index contributed by atoms with van der Waals surface area (Å²) in [6.45, 7) is 2.25. The van der Waals surface area contributed by atoms with Gasteiger partial charge in [0.1, 0.15) is 6.54 Å². The SMILES string of the molecule is CC(CN(C(=O)CN1Cc2ccccc2C1=O)C1CC1)C(=O)O. The zero-order valence-electron chi connectivity index (χ0n) is 13.1. The lowest BCUT2D eigenvalue weighted by atomic mass is 10.1. The summed E-state index contributed by atoms with van der Waals surface area (Å²) in [5, 5.41) is 9.06. The van der Waals surface area contributed by atoms with Crippen LogP contribution in [-0.4, -0.2) is 51.8 Å². The molecule has 6 heteroatoms. The van der Waals surface area contributed by atoms with Crippen LogP contribution < -0.4 is 0 Å². The molecule has 1 aromatic rings. The van der Waals surface area contributed by atoms with E-state index >= 15 is 0 Å². The summed E-state index contributed by atoms with van der Waals surface area (Å²) in [6.07, 6.45) is 1.82. The standard InChI is InChI=1S/C17H20N2O4/c1-11(17(22)23)8-19(13-6-7-13)15(20)10-18-9-12-4-2-3-5-14(12)16(18)21/h2-5,11,13H,6-10H2,1H3,(H,22,23). The Bertz CT molecular complexity index is 654. The van der Waals surface area contributed by atoms with Gasteiger partial charge < -0.3 is 14.9 Å². The minimum absolute atomic E-state index is 0.0103. The van der Waals surface area contributed by atoms with Gasteiger partial charge >= 0.3 is 5.97 Å². The van der Waals surface area contributed by atoms with Crippen LogP contribution in [0.3, 0.4) is 0 Å². The molecule has 1 aliphatic carbocycles. The number of carbonyl (C=O) groups excluding carboxylic acids is 2. The van der Waals surface area contributed by atoms with Crippen LogP contribution in [0.25, 0.3) is 0 Å². The summed E-state index contributed by atoms with van der Waals surface area (Å²) in [5.74, 6) is -1.81. The zero-order valence-corrected chi connectivity index (χ0v) is 13.1. The van der Waals surface area contributed by atoms with Crippen molar-refractivity contribution in [3.05, 3.63) is 35.4 Å². The lowest BCUT2D eigenvalue weighted by Gasteiger charge is -2.26. The predicted molar refractivity (Wildman–Crippen MR) is 82.7 cm³/mol. The average molecular weight is 316 g/mol. The number of benzene rings is 1. The fourth-order valence-corrected chi connectivity index (χ4v) is 2.91. The number of carbonyl (C=O) groups is 3. The van der Waals surface area contributed by atoms with Gasteiger partial charge in [-0.05, 0) is 24.5 Å². The van der Waals surface area contributed by atoms with Crippen molar-refractivity contribution in [3.63, 3.8) is 0 Å². The molecule has 1 atom stereocenters. The molecule has 1 aromatic carbocycles. The van der Waals surface area contributed by atoms with Gasteiger partial charge in [0.25, 0.3) is 5.91 Å². The van der Waals surface area contributed by atoms with Crippen molar-refractivity contribution < 1.29 is 19.5 Å². The highest BCUT2D eigenvalue weighted by molar-refractivity contribution is 6.00. The third-order valence-electron chi connectivity index (χ3n) is 4.42. The average Bonchev–Trinajstić information content (AvgIpc) is 3.31. The number of hydrogen-bond acceptors (Lipinski definition) is 3. The Hall–Kier alpha value is -2.37. The third-order valence-corrected chi connectivity index (χ3v) is 4.42. The van der Waals surface area contributed by atoms with E-state index in [0.717, 1.165) is 18.4 Å². The van der Waals surface area contributed by atoms with E-state index in [1.807, 2.05) is 18.2 Å². The highest BCUT2D eigenvalue weighted by Gasteiger charge is 2.36. The first kappa shape index (κ1) is 15.5. The molecule has 2 aliphatic rings. The molecule has 1 aliphatic heterocycles. The van der Waals surface area contributed by atoms with Gasteiger partial charge in [-0.3, -0.25) is 14.4 Å². The lowest BCUT2D eigenvalue weighted by molar-refractivity contribution is -0.143. The molecule has 122 valence electrons. The highest BCUT2D eigenvalue weighted by atomic mass is 16.4. The Kier molecular flexibility index (Phi) is 4.07. The molecule has 2 amide bonds. The second-order valence-electron chi connectivity index (χ2n) is 6.33. The normalized spacial score (nSPS) is 17.8. The minimum Gasteiger partial charge on any atom is -0.481 e. The second-order valence-corrected chi connectivity index (χ2v) is 6.33. The van der Waals surface area contributed by atoms with Gasteiger partial charge in [-0.1, -0.05) is 25.1 Å². The van der Waals surface area contributed by atoms with Crippen LogP contribution in [0.4, 0.5) is 0 Å². The number of amides is 2. The zero-order chi connectivity index (χ0) is 16.6. The van der Waals surface area contributed by atoms with Crippen LogP contribution in [-0.2, 0) is 16.1 Å². The molecule has 0 bridgehead atoms. The van der Waals surface area contributed by atoms with E-state index in [4.69, 9.17) is 5.11 Å². The van der Waals surface area contributed by atoms with Crippen molar-refractivity contribution in [1.29, 1.82) is 0 Å². The number of fused-ring (bicyclic) bond motifs is 1. The molecular weight excluding hydrogens is 296 g/mol. The van der Waals surface area contributed by atoms with Crippen LogP contribution in [0, 0.1) is 5.92 Å². The summed E-state index contributed by atoms with van der Waals surface area (Å²) < 4.78 is 0. The van der Waals surface area contributed by atoms with E-state index in [0.29, 0.717) is 12.1 Å². The molecule has 1 unspecified atom stereocenters. The number of rotatable bonds is 6. The number of hydrogen-bond donors (Lipinski definition) is 1. The third kappa shape index (κ3) is 3.21. The van der Waals surface area contributed by atoms with Crippen LogP contribution >= 0.6 is 0 Å². The largest absolute Gasteiger partial charge is 0.481 e. The van der Waals surface area contributed by atoms with E-state index in [2.05, 4.69) is 0 Å². The quantitative estimate of drug-likeness (QED) is 0.859. The van der Waals surface area contributed by atoms with Crippen molar-refractivity contribution in [2.24, 2.45) is 5.92 Å². The Morgan fingerprint density at radius 3 is 2.65 bits per heavy atom. The molecule has 1 saturated carbocycles. The maximum absolute atomic E-state index is 12.6. The maximum Gasteiger partial charge on any atom is 0.308 e. The molecule has 6 nitrogen and oxygen atoms in total. The summed E-state index contributed by atoms with van der Waals surface area (Å²) in [6, 6.07) is 7.48. The number of carboxylic acids is 1. The van der Waals surface area contributed by atoms with Crippen molar-refractivity contribution >= 4 is 17.8 Å². The van der Waals surface area contributed by atoms with Crippen LogP contribution in [0.2, 0.25) is 0 Å². The van der Waals surface area contributed by atoms with Gasteiger partial charge in [0.05, 0.1) is 5.92 Å². The Labute approximate surface area is 134 Å². The van der Waals surface area contributed by atoms with Crippen molar-refractivity contribution in [3.8, 4) is 0 Å². The van der Waals surface area contributed by atoms with Crippen molar-refractivity contribution in [1.82, 2.24) is 9.80 Å². The van der Waals surface area contributed by atoms with Gasteiger partial charge in [-0.2, -0.15) is 0 Å². The van der Waals surface area contributed by atoms with Crippen molar-refractivity contribution in [2.45, 2.75) is 32.4 Å². The first-order valence-corrected chi connectivity index (χ1v) is 7.87. The van der Waals surface area contributed by atoms with Gasteiger partial charge in [-0.25, -0.2) is 0 Å². The lowest BCUT2D eigenvalue weighted by Crippen LogP contribution is -2.44. The molecular formula is C17H20N2O4. The monoisotopic (exact) mass is 316 g/mol. The molecule has 1 fully saturated rings. The van der Waals surface area contributed by atoms with E-state index in [-0.39, 0.29) is 30.9 Å². The Balaban J connectivity index is 1.66. The number of aliphatic carboxylic acids is 1. The fraction of sp³-hybridized carbons (Fsp3) is 0.471. The molecule has 3 rings (SSSR count). The van der Waals surface area contributed by atoms with Crippen LogP contribution in [0.1, 0.15) is 35.7 Å². The first-order chi connectivity index (χ1) is 11.0. The van der Waals surface area contributed by atoms with E-state index in [9.17, 15) is 14.4 Å². The molecule has 0 spiro atoms. The molecule has 1 N–H and O–H groups in total. The predicted octanol–water partition coefficient (Wildman–Crippen LogP) is 1.35. The van der Waals surface area contributed by atoms with Gasteiger partial charge in [0.2, 0.25) is 5.91 Å². The Morgan fingerprint density at radius 2 is 2.04 bits per heavy atom. The topological polar surface area (TPSA) is 77.9 Å². The second kappa shape index (κ2) is 6.02. The minimum atomic E-state index is -0.909. The summed E-state index contributed by atoms with van der Waals surface area (Å²) in [7, 11) is 0.